The number of hydrogen-bond acceptors (Lipinski definition) is 7. The van der Waals surface area contributed by atoms with Gasteiger partial charge in [0.15, 0.2) is 0 Å². The predicted molar refractivity (Wildman–Crippen MR) is 137 cm³/mol. The molecule has 0 saturated carbocycles. The van der Waals surface area contributed by atoms with Crippen molar-refractivity contribution in [2.24, 2.45) is 23.7 Å². The van der Waals surface area contributed by atoms with Gasteiger partial charge in [0.2, 0.25) is 11.8 Å². The summed E-state index contributed by atoms with van der Waals surface area (Å²) in [5.74, 6) is -3.02. The average Bonchev–Trinajstić information content (AvgIpc) is 3.20. The number of aliphatic hydroxyl groups is 1. The number of likely N-dealkylation sites (tertiary alicyclic amines) is 1. The van der Waals surface area contributed by atoms with Crippen LogP contribution in [0.3, 0.4) is 0 Å². The van der Waals surface area contributed by atoms with Crippen LogP contribution in [0.4, 0.5) is 0 Å². The van der Waals surface area contributed by atoms with Gasteiger partial charge in [0, 0.05) is 32.1 Å². The van der Waals surface area contributed by atoms with Crippen molar-refractivity contribution >= 4 is 17.8 Å². The smallest absolute Gasteiger partial charge is 0.310 e. The molecule has 2 fully saturated rings. The van der Waals surface area contributed by atoms with E-state index in [4.69, 9.17) is 9.47 Å². The highest BCUT2D eigenvalue weighted by Gasteiger charge is 2.58. The molecule has 1 aromatic rings. The topological polar surface area (TPSA) is 108 Å². The van der Waals surface area contributed by atoms with Gasteiger partial charge in [-0.05, 0) is 24.8 Å². The van der Waals surface area contributed by atoms with E-state index >= 15 is 0 Å². The predicted octanol–water partition coefficient (Wildman–Crippen LogP) is 0.867. The van der Waals surface area contributed by atoms with Crippen LogP contribution in [0.5, 0.6) is 0 Å². The van der Waals surface area contributed by atoms with E-state index in [9.17, 15) is 19.5 Å². The summed E-state index contributed by atoms with van der Waals surface area (Å²) < 4.78 is 10.7. The van der Waals surface area contributed by atoms with Crippen LogP contribution in [0.15, 0.2) is 42.5 Å². The Morgan fingerprint density at radius 2 is 1.92 bits per heavy atom. The Balaban J connectivity index is 1.60. The molecule has 202 valence electrons. The van der Waals surface area contributed by atoms with E-state index in [-0.39, 0.29) is 30.9 Å². The lowest BCUT2D eigenvalue weighted by Gasteiger charge is -2.34. The number of esters is 1. The molecule has 4 rings (SSSR count). The van der Waals surface area contributed by atoms with Crippen molar-refractivity contribution in [1.82, 2.24) is 15.1 Å². The van der Waals surface area contributed by atoms with Gasteiger partial charge in [-0.2, -0.15) is 0 Å². The normalized spacial score (nSPS) is 28.6. The summed E-state index contributed by atoms with van der Waals surface area (Å²) in [7, 11) is 0. The van der Waals surface area contributed by atoms with Gasteiger partial charge in [-0.25, -0.2) is 0 Å². The van der Waals surface area contributed by atoms with E-state index in [1.54, 1.807) is 11.8 Å². The molecule has 9 heteroatoms. The number of carbonyl (C=O) groups is 3. The van der Waals surface area contributed by atoms with Gasteiger partial charge in [-0.15, -0.1) is 0 Å². The van der Waals surface area contributed by atoms with Gasteiger partial charge in [0.1, 0.15) is 6.04 Å². The van der Waals surface area contributed by atoms with Crippen LogP contribution in [0.25, 0.3) is 0 Å². The number of allylic oxidation sites excluding steroid dienone is 1. The summed E-state index contributed by atoms with van der Waals surface area (Å²) in [6, 6.07) is 8.20. The van der Waals surface area contributed by atoms with E-state index < -0.39 is 35.8 Å². The average molecular weight is 514 g/mol. The van der Waals surface area contributed by atoms with E-state index in [0.717, 1.165) is 18.7 Å². The van der Waals surface area contributed by atoms with Crippen LogP contribution in [0, 0.1) is 23.7 Å². The first-order valence-corrected chi connectivity index (χ1v) is 13.4. The quantitative estimate of drug-likeness (QED) is 0.353. The van der Waals surface area contributed by atoms with Gasteiger partial charge >= 0.3 is 5.97 Å². The Labute approximate surface area is 218 Å². The Hall–Kier alpha value is -2.75. The standard InChI is InChI=1S/C28H39N3O6/c1-3-37-28(35)23-19(2)9-10-22-24(23)27(34)31(21(18-32)17-20-7-5-4-6-8-20)25(22)26(33)29-11-12-30-13-15-36-16-14-30/h4-10,19,21-25,32H,3,11-18H2,1-2H3,(H,29,33)/t19-,21-,22+,23-,24-,25+/m1/s1. The largest absolute Gasteiger partial charge is 0.466 e. The number of nitrogens with zero attached hydrogens (tertiary/aromatic N) is 2. The van der Waals surface area contributed by atoms with Crippen molar-refractivity contribution < 1.29 is 29.0 Å². The van der Waals surface area contributed by atoms with Crippen LogP contribution < -0.4 is 5.32 Å². The number of benzene rings is 1. The van der Waals surface area contributed by atoms with Crippen molar-refractivity contribution in [3.05, 3.63) is 48.0 Å². The molecule has 0 radical (unpaired) electrons. The summed E-state index contributed by atoms with van der Waals surface area (Å²) in [6.45, 7) is 7.70. The minimum Gasteiger partial charge on any atom is -0.466 e. The molecule has 0 aromatic heterocycles. The Bertz CT molecular complexity index is 964. The second-order valence-corrected chi connectivity index (χ2v) is 10.1. The molecule has 2 aliphatic heterocycles. The minimum absolute atomic E-state index is 0.198. The lowest BCUT2D eigenvalue weighted by molar-refractivity contribution is -0.155. The molecule has 2 N–H and O–H groups in total. The molecule has 1 aliphatic carbocycles. The SMILES string of the molecule is CCOC(=O)[C@H]1[C@@H]2C(=O)N([C@@H](CO)Cc3ccccc3)[C@H](C(=O)NCCN3CCOCC3)[C@H]2C=C[C@H]1C. The number of hydrogen-bond donors (Lipinski definition) is 2. The maximum atomic E-state index is 14.0. The number of fused-ring (bicyclic) bond motifs is 1. The van der Waals surface area contributed by atoms with Crippen LogP contribution in [-0.2, 0) is 30.3 Å². The first kappa shape index (κ1) is 27.3. The number of aliphatic hydroxyl groups excluding tert-OH is 1. The zero-order valence-electron chi connectivity index (χ0n) is 21.8. The van der Waals surface area contributed by atoms with Crippen LogP contribution in [0.2, 0.25) is 0 Å². The number of amides is 2. The molecule has 6 atom stereocenters. The number of ether oxygens (including phenoxy) is 2. The molecule has 2 heterocycles. The van der Waals surface area contributed by atoms with Crippen molar-refractivity contribution in [1.29, 1.82) is 0 Å². The van der Waals surface area contributed by atoms with Crippen LogP contribution in [-0.4, -0.2) is 97.4 Å². The zero-order chi connectivity index (χ0) is 26.4. The second kappa shape index (κ2) is 12.7. The summed E-state index contributed by atoms with van der Waals surface area (Å²) >= 11 is 0. The summed E-state index contributed by atoms with van der Waals surface area (Å²) in [5.41, 5.74) is 0.960. The molecule has 0 bridgehead atoms. The summed E-state index contributed by atoms with van der Waals surface area (Å²) in [5, 5.41) is 13.4. The van der Waals surface area contributed by atoms with Crippen LogP contribution >= 0.6 is 0 Å². The first-order chi connectivity index (χ1) is 18.0. The summed E-state index contributed by atoms with van der Waals surface area (Å²) in [6.07, 6.45) is 4.23. The Morgan fingerprint density at radius 1 is 1.19 bits per heavy atom. The van der Waals surface area contributed by atoms with E-state index in [1.807, 2.05) is 49.4 Å². The highest BCUT2D eigenvalue weighted by molar-refractivity contribution is 5.96. The lowest BCUT2D eigenvalue weighted by Crippen LogP contribution is -2.54. The Morgan fingerprint density at radius 3 is 2.59 bits per heavy atom. The van der Waals surface area contributed by atoms with E-state index in [0.29, 0.717) is 32.7 Å². The van der Waals surface area contributed by atoms with Gasteiger partial charge < -0.3 is 24.8 Å². The van der Waals surface area contributed by atoms with Gasteiger partial charge in [-0.1, -0.05) is 49.4 Å². The molecule has 3 aliphatic rings. The van der Waals surface area contributed by atoms with Gasteiger partial charge in [0.25, 0.3) is 0 Å². The number of morpholine rings is 1. The lowest BCUT2D eigenvalue weighted by atomic mass is 9.70. The molecule has 0 unspecified atom stereocenters. The third-order valence-corrected chi connectivity index (χ3v) is 7.79. The summed E-state index contributed by atoms with van der Waals surface area (Å²) in [4.78, 5) is 44.4. The van der Waals surface area contributed by atoms with Gasteiger partial charge in [0.05, 0.1) is 44.3 Å². The molecule has 2 amide bonds. The molecular formula is C28H39N3O6. The zero-order valence-corrected chi connectivity index (χ0v) is 21.8. The fourth-order valence-corrected chi connectivity index (χ4v) is 5.94. The van der Waals surface area contributed by atoms with Gasteiger partial charge in [-0.3, -0.25) is 19.3 Å². The van der Waals surface area contributed by atoms with Crippen molar-refractivity contribution in [2.45, 2.75) is 32.4 Å². The number of carbonyl (C=O) groups excluding carboxylic acids is 3. The van der Waals surface area contributed by atoms with Crippen LogP contribution in [0.1, 0.15) is 19.4 Å². The monoisotopic (exact) mass is 513 g/mol. The highest BCUT2D eigenvalue weighted by atomic mass is 16.5. The van der Waals surface area contributed by atoms with E-state index in [1.165, 1.54) is 0 Å². The minimum atomic E-state index is -0.816. The molecule has 2 saturated heterocycles. The molecular weight excluding hydrogens is 474 g/mol. The maximum absolute atomic E-state index is 14.0. The molecule has 37 heavy (non-hydrogen) atoms. The fraction of sp³-hybridized carbons (Fsp3) is 0.607. The van der Waals surface area contributed by atoms with Crippen molar-refractivity contribution in [3.63, 3.8) is 0 Å². The third-order valence-electron chi connectivity index (χ3n) is 7.79. The van der Waals surface area contributed by atoms with E-state index in [2.05, 4.69) is 10.2 Å². The maximum Gasteiger partial charge on any atom is 0.310 e. The van der Waals surface area contributed by atoms with Crippen molar-refractivity contribution in [3.8, 4) is 0 Å². The first-order valence-electron chi connectivity index (χ1n) is 13.4. The third kappa shape index (κ3) is 6.05. The molecule has 9 nitrogen and oxygen atoms in total. The highest BCUT2D eigenvalue weighted by Crippen LogP contribution is 2.45. The van der Waals surface area contributed by atoms with Crippen molar-refractivity contribution in [2.75, 3.05) is 52.6 Å². The fourth-order valence-electron chi connectivity index (χ4n) is 5.94. The number of nitrogens with one attached hydrogen (secondary N) is 1. The molecule has 0 spiro atoms. The second-order valence-electron chi connectivity index (χ2n) is 10.1. The number of rotatable bonds is 10. The molecule has 1 aromatic carbocycles. The Kier molecular flexibility index (Phi) is 9.34.